The van der Waals surface area contributed by atoms with Gasteiger partial charge >= 0.3 is 0 Å². The second kappa shape index (κ2) is 7.04. The molecule has 0 radical (unpaired) electrons. The Labute approximate surface area is 166 Å². The van der Waals surface area contributed by atoms with Crippen molar-refractivity contribution in [3.05, 3.63) is 72.3 Å². The molecule has 2 atom stereocenters. The number of piperidine rings is 1. The largest absolute Gasteiger partial charge is 0.384 e. The van der Waals surface area contributed by atoms with Gasteiger partial charge in [-0.15, -0.1) is 0 Å². The molecule has 2 aromatic carbocycles. The highest BCUT2D eigenvalue weighted by Crippen LogP contribution is 2.43. The van der Waals surface area contributed by atoms with Gasteiger partial charge in [0, 0.05) is 31.2 Å². The van der Waals surface area contributed by atoms with Crippen LogP contribution in [-0.4, -0.2) is 35.6 Å². The fourth-order valence-electron chi connectivity index (χ4n) is 4.44. The Hall–Kier alpha value is -2.69. The standard InChI is InChI=1S/C24H26N4/c25-23-3-1-2-22(27-23)19-10-8-18(9-11-19)17-6-4-16(5-7-17)12-13-28-14-20-21(15-28)24(20)26/h1-11,20-21,24H,12-15,26H2,(H2,25,27). The number of aromatic nitrogens is 1. The molecular weight excluding hydrogens is 344 g/mol. The first-order valence-electron chi connectivity index (χ1n) is 10.1. The number of nitrogens with zero attached hydrogens (tertiary/aromatic N) is 2. The van der Waals surface area contributed by atoms with Crippen LogP contribution in [-0.2, 0) is 6.42 Å². The van der Waals surface area contributed by atoms with Crippen molar-refractivity contribution < 1.29 is 0 Å². The van der Waals surface area contributed by atoms with Crippen molar-refractivity contribution in [1.82, 2.24) is 9.88 Å². The van der Waals surface area contributed by atoms with E-state index in [1.165, 1.54) is 29.8 Å². The molecule has 142 valence electrons. The monoisotopic (exact) mass is 370 g/mol. The Morgan fingerprint density at radius 1 is 0.821 bits per heavy atom. The Bertz CT molecular complexity index is 953. The van der Waals surface area contributed by atoms with Crippen LogP contribution >= 0.6 is 0 Å². The number of anilines is 1. The van der Waals surface area contributed by atoms with Gasteiger partial charge in [-0.1, -0.05) is 54.6 Å². The van der Waals surface area contributed by atoms with E-state index in [4.69, 9.17) is 11.5 Å². The Balaban J connectivity index is 1.22. The molecule has 2 aliphatic rings. The van der Waals surface area contributed by atoms with Gasteiger partial charge in [0.25, 0.3) is 0 Å². The fraction of sp³-hybridized carbons (Fsp3) is 0.292. The van der Waals surface area contributed by atoms with Crippen LogP contribution in [0.3, 0.4) is 0 Å². The van der Waals surface area contributed by atoms with E-state index in [-0.39, 0.29) is 0 Å². The highest BCUT2D eigenvalue weighted by atomic mass is 15.2. The zero-order valence-electron chi connectivity index (χ0n) is 16.0. The topological polar surface area (TPSA) is 68.2 Å². The second-order valence-electron chi connectivity index (χ2n) is 8.14. The molecular formula is C24H26N4. The van der Waals surface area contributed by atoms with Gasteiger partial charge in [0.15, 0.2) is 0 Å². The number of rotatable bonds is 5. The maximum absolute atomic E-state index is 6.03. The van der Waals surface area contributed by atoms with Crippen LogP contribution in [0.5, 0.6) is 0 Å². The third-order valence-electron chi connectivity index (χ3n) is 6.29. The fourth-order valence-corrected chi connectivity index (χ4v) is 4.44. The van der Waals surface area contributed by atoms with Gasteiger partial charge in [0.05, 0.1) is 5.69 Å². The van der Waals surface area contributed by atoms with Crippen LogP contribution in [0.15, 0.2) is 66.7 Å². The first kappa shape index (κ1) is 17.4. The molecule has 4 nitrogen and oxygen atoms in total. The van der Waals surface area contributed by atoms with Crippen LogP contribution in [0, 0.1) is 11.8 Å². The van der Waals surface area contributed by atoms with Gasteiger partial charge in [-0.3, -0.25) is 0 Å². The zero-order chi connectivity index (χ0) is 19.1. The van der Waals surface area contributed by atoms with Crippen molar-refractivity contribution in [3.8, 4) is 22.4 Å². The third-order valence-corrected chi connectivity index (χ3v) is 6.29. The van der Waals surface area contributed by atoms with Crippen LogP contribution in [0.25, 0.3) is 22.4 Å². The predicted octanol–water partition coefficient (Wildman–Crippen LogP) is 3.43. The van der Waals surface area contributed by atoms with Crippen molar-refractivity contribution in [2.75, 3.05) is 25.4 Å². The number of benzene rings is 2. The molecule has 0 amide bonds. The van der Waals surface area contributed by atoms with Crippen molar-refractivity contribution in [2.45, 2.75) is 12.5 Å². The van der Waals surface area contributed by atoms with Crippen molar-refractivity contribution in [3.63, 3.8) is 0 Å². The molecule has 0 bridgehead atoms. The van der Waals surface area contributed by atoms with E-state index in [1.807, 2.05) is 12.1 Å². The summed E-state index contributed by atoms with van der Waals surface area (Å²) in [6.45, 7) is 3.53. The maximum atomic E-state index is 6.03. The van der Waals surface area contributed by atoms with Gasteiger partial charge in [-0.25, -0.2) is 4.98 Å². The lowest BCUT2D eigenvalue weighted by molar-refractivity contribution is 0.302. The molecule has 5 rings (SSSR count). The number of hydrogen-bond donors (Lipinski definition) is 2. The SMILES string of the molecule is Nc1cccc(-c2ccc(-c3ccc(CCN4CC5C(N)C5C4)cc3)cc2)n1. The summed E-state index contributed by atoms with van der Waals surface area (Å²) < 4.78 is 0. The molecule has 4 N–H and O–H groups in total. The summed E-state index contributed by atoms with van der Waals surface area (Å²) in [6, 6.07) is 23.7. The molecule has 1 aliphatic carbocycles. The number of hydrogen-bond acceptors (Lipinski definition) is 4. The maximum Gasteiger partial charge on any atom is 0.124 e. The molecule has 1 saturated heterocycles. The van der Waals surface area contributed by atoms with E-state index < -0.39 is 0 Å². The van der Waals surface area contributed by atoms with Gasteiger partial charge in [0.2, 0.25) is 0 Å². The van der Waals surface area contributed by atoms with Gasteiger partial charge in [0.1, 0.15) is 5.82 Å². The lowest BCUT2D eigenvalue weighted by Gasteiger charge is -2.18. The van der Waals surface area contributed by atoms with Gasteiger partial charge in [-0.2, -0.15) is 0 Å². The molecule has 1 aromatic heterocycles. The molecule has 1 aliphatic heterocycles. The van der Waals surface area contributed by atoms with Crippen LogP contribution in [0.4, 0.5) is 5.82 Å². The predicted molar refractivity (Wildman–Crippen MR) is 115 cm³/mol. The van der Waals surface area contributed by atoms with E-state index in [1.54, 1.807) is 6.07 Å². The Morgan fingerprint density at radius 2 is 1.43 bits per heavy atom. The van der Waals surface area contributed by atoms with E-state index >= 15 is 0 Å². The van der Waals surface area contributed by atoms with E-state index in [0.717, 1.165) is 36.1 Å². The Kier molecular flexibility index (Phi) is 4.38. The molecule has 28 heavy (non-hydrogen) atoms. The number of nitrogen functional groups attached to an aromatic ring is 1. The van der Waals surface area contributed by atoms with Crippen LogP contribution in [0.1, 0.15) is 5.56 Å². The minimum atomic E-state index is 0.483. The molecule has 1 saturated carbocycles. The lowest BCUT2D eigenvalue weighted by atomic mass is 10.0. The molecule has 0 spiro atoms. The number of nitrogens with two attached hydrogens (primary N) is 2. The lowest BCUT2D eigenvalue weighted by Crippen LogP contribution is -2.29. The second-order valence-corrected chi connectivity index (χ2v) is 8.14. The average molecular weight is 371 g/mol. The summed E-state index contributed by atoms with van der Waals surface area (Å²) in [5, 5.41) is 0. The minimum absolute atomic E-state index is 0.483. The highest BCUT2D eigenvalue weighted by molar-refractivity contribution is 5.69. The van der Waals surface area contributed by atoms with E-state index in [2.05, 4.69) is 58.4 Å². The quantitative estimate of drug-likeness (QED) is 0.722. The summed E-state index contributed by atoms with van der Waals surface area (Å²) >= 11 is 0. The van der Waals surface area contributed by atoms with Crippen molar-refractivity contribution in [1.29, 1.82) is 0 Å². The van der Waals surface area contributed by atoms with E-state index in [9.17, 15) is 0 Å². The molecule has 4 heteroatoms. The summed E-state index contributed by atoms with van der Waals surface area (Å²) in [5.41, 5.74) is 17.7. The third kappa shape index (κ3) is 3.41. The molecule has 3 aromatic rings. The molecule has 2 unspecified atom stereocenters. The van der Waals surface area contributed by atoms with Crippen LogP contribution in [0.2, 0.25) is 0 Å². The molecule has 2 fully saturated rings. The number of pyridine rings is 1. The van der Waals surface area contributed by atoms with Gasteiger partial charge < -0.3 is 16.4 Å². The minimum Gasteiger partial charge on any atom is -0.384 e. The summed E-state index contributed by atoms with van der Waals surface area (Å²) in [6.07, 6.45) is 1.11. The summed E-state index contributed by atoms with van der Waals surface area (Å²) in [5.74, 6) is 2.09. The number of likely N-dealkylation sites (tertiary alicyclic amines) is 1. The first-order chi connectivity index (χ1) is 13.7. The average Bonchev–Trinajstić information content (AvgIpc) is 3.13. The van der Waals surface area contributed by atoms with Gasteiger partial charge in [-0.05, 0) is 47.1 Å². The van der Waals surface area contributed by atoms with Crippen molar-refractivity contribution in [2.24, 2.45) is 17.6 Å². The normalized spacial score (nSPS) is 23.5. The first-order valence-corrected chi connectivity index (χ1v) is 10.1. The Morgan fingerprint density at radius 3 is 2.07 bits per heavy atom. The van der Waals surface area contributed by atoms with Crippen molar-refractivity contribution >= 4 is 5.82 Å². The smallest absolute Gasteiger partial charge is 0.124 e. The van der Waals surface area contributed by atoms with Crippen LogP contribution < -0.4 is 11.5 Å². The number of fused-ring (bicyclic) bond motifs is 1. The zero-order valence-corrected chi connectivity index (χ0v) is 16.0. The summed E-state index contributed by atoms with van der Waals surface area (Å²) in [7, 11) is 0. The summed E-state index contributed by atoms with van der Waals surface area (Å²) in [4.78, 5) is 6.95. The highest BCUT2D eigenvalue weighted by Gasteiger charge is 2.53. The molecule has 2 heterocycles. The van der Waals surface area contributed by atoms with E-state index in [0.29, 0.717) is 11.9 Å².